The van der Waals surface area contributed by atoms with Crippen molar-refractivity contribution in [2.45, 2.75) is 19.8 Å². The van der Waals surface area contributed by atoms with Gasteiger partial charge in [-0.2, -0.15) is 0 Å². The van der Waals surface area contributed by atoms with Crippen molar-refractivity contribution in [3.05, 3.63) is 54.0 Å². The van der Waals surface area contributed by atoms with Gasteiger partial charge in [0.1, 0.15) is 0 Å². The maximum absolute atomic E-state index is 7.40. The zero-order valence-corrected chi connectivity index (χ0v) is 10.2. The van der Waals surface area contributed by atoms with E-state index in [9.17, 15) is 0 Å². The van der Waals surface area contributed by atoms with Gasteiger partial charge in [0.25, 0.3) is 0 Å². The summed E-state index contributed by atoms with van der Waals surface area (Å²) in [6.45, 7) is 6.49. The molecule has 0 atom stereocenters. The molecule has 1 aromatic heterocycles. The fourth-order valence-electron chi connectivity index (χ4n) is 1.51. The SMILES string of the molecule is C=C/C=C\NCCc1cnc(CC)cc1C=N. The first-order chi connectivity index (χ1) is 8.31. The lowest BCUT2D eigenvalue weighted by Gasteiger charge is -2.07. The third kappa shape index (κ3) is 4.23. The summed E-state index contributed by atoms with van der Waals surface area (Å²) >= 11 is 0. The van der Waals surface area contributed by atoms with Gasteiger partial charge in [0.05, 0.1) is 0 Å². The Bertz CT molecular complexity index is 408. The Kier molecular flexibility index (Phi) is 5.72. The summed E-state index contributed by atoms with van der Waals surface area (Å²) in [6, 6.07) is 1.99. The molecule has 90 valence electrons. The number of pyridine rings is 1. The number of nitrogens with zero attached hydrogens (tertiary/aromatic N) is 1. The lowest BCUT2D eigenvalue weighted by molar-refractivity contribution is 0.825. The van der Waals surface area contributed by atoms with Gasteiger partial charge in [0, 0.05) is 24.7 Å². The molecule has 0 amide bonds. The van der Waals surface area contributed by atoms with Gasteiger partial charge in [-0.25, -0.2) is 0 Å². The van der Waals surface area contributed by atoms with E-state index in [-0.39, 0.29) is 0 Å². The molecule has 2 N–H and O–H groups in total. The second-order valence-corrected chi connectivity index (χ2v) is 3.67. The molecule has 0 radical (unpaired) electrons. The topological polar surface area (TPSA) is 48.8 Å². The van der Waals surface area contributed by atoms with Gasteiger partial charge in [-0.3, -0.25) is 4.98 Å². The average Bonchev–Trinajstić information content (AvgIpc) is 2.38. The minimum Gasteiger partial charge on any atom is -0.391 e. The summed E-state index contributed by atoms with van der Waals surface area (Å²) in [5.41, 5.74) is 3.11. The molecule has 0 saturated carbocycles. The number of rotatable bonds is 7. The fourth-order valence-corrected chi connectivity index (χ4v) is 1.51. The zero-order valence-electron chi connectivity index (χ0n) is 10.2. The first-order valence-electron chi connectivity index (χ1n) is 5.81. The summed E-state index contributed by atoms with van der Waals surface area (Å²) in [4.78, 5) is 4.36. The molecule has 0 saturated heterocycles. The van der Waals surface area contributed by atoms with Gasteiger partial charge in [-0.1, -0.05) is 19.6 Å². The Morgan fingerprint density at radius 3 is 3.00 bits per heavy atom. The van der Waals surface area contributed by atoms with E-state index in [4.69, 9.17) is 5.41 Å². The number of allylic oxidation sites excluding steroid dienone is 2. The monoisotopic (exact) mass is 229 g/mol. The molecular formula is C14H19N3. The first kappa shape index (κ1) is 13.2. The smallest absolute Gasteiger partial charge is 0.0407 e. The summed E-state index contributed by atoms with van der Waals surface area (Å²) in [6.07, 6.45) is 10.5. The van der Waals surface area contributed by atoms with Crippen molar-refractivity contribution < 1.29 is 0 Å². The van der Waals surface area contributed by atoms with Crippen molar-refractivity contribution in [2.24, 2.45) is 0 Å². The lowest BCUT2D eigenvalue weighted by atomic mass is 10.1. The molecule has 0 aliphatic heterocycles. The van der Waals surface area contributed by atoms with Crippen molar-refractivity contribution in [1.82, 2.24) is 10.3 Å². The number of nitrogens with one attached hydrogen (secondary N) is 2. The van der Waals surface area contributed by atoms with Crippen LogP contribution in [0.2, 0.25) is 0 Å². The minimum absolute atomic E-state index is 0.832. The molecule has 0 unspecified atom stereocenters. The van der Waals surface area contributed by atoms with Crippen LogP contribution in [0.1, 0.15) is 23.7 Å². The van der Waals surface area contributed by atoms with Crippen molar-refractivity contribution in [1.29, 1.82) is 5.41 Å². The predicted molar refractivity (Wildman–Crippen MR) is 72.5 cm³/mol. The molecule has 0 aromatic carbocycles. The van der Waals surface area contributed by atoms with Crippen LogP contribution in [-0.2, 0) is 12.8 Å². The molecular weight excluding hydrogens is 210 g/mol. The molecule has 0 aliphatic carbocycles. The van der Waals surface area contributed by atoms with Crippen LogP contribution in [0.15, 0.2) is 37.2 Å². The highest BCUT2D eigenvalue weighted by atomic mass is 14.8. The average molecular weight is 229 g/mol. The van der Waals surface area contributed by atoms with Crippen LogP contribution >= 0.6 is 0 Å². The standard InChI is InChI=1S/C14H19N3/c1-3-5-7-16-8-6-12-11-17-14(4-2)9-13(12)10-15/h3,5,7,9-11,15-16H,1,4,6,8H2,2H3/b7-5-,15-10?. The Hall–Kier alpha value is -1.90. The molecule has 0 aliphatic rings. The fraction of sp³-hybridized carbons (Fsp3) is 0.286. The van der Waals surface area contributed by atoms with Crippen molar-refractivity contribution in [2.75, 3.05) is 6.54 Å². The van der Waals surface area contributed by atoms with Crippen LogP contribution in [0.5, 0.6) is 0 Å². The largest absolute Gasteiger partial charge is 0.391 e. The quantitative estimate of drug-likeness (QED) is 0.428. The number of hydrogen-bond acceptors (Lipinski definition) is 3. The van der Waals surface area contributed by atoms with E-state index < -0.39 is 0 Å². The van der Waals surface area contributed by atoms with E-state index in [0.717, 1.165) is 36.2 Å². The number of hydrogen-bond donors (Lipinski definition) is 2. The molecule has 1 aromatic rings. The summed E-state index contributed by atoms with van der Waals surface area (Å²) in [7, 11) is 0. The van der Waals surface area contributed by atoms with Crippen LogP contribution in [0.25, 0.3) is 0 Å². The van der Waals surface area contributed by atoms with Crippen molar-refractivity contribution in [3.8, 4) is 0 Å². The van der Waals surface area contributed by atoms with Crippen LogP contribution in [0.3, 0.4) is 0 Å². The minimum atomic E-state index is 0.832. The van der Waals surface area contributed by atoms with E-state index in [1.165, 1.54) is 6.21 Å². The maximum Gasteiger partial charge on any atom is 0.0407 e. The van der Waals surface area contributed by atoms with E-state index >= 15 is 0 Å². The van der Waals surface area contributed by atoms with Crippen LogP contribution in [-0.4, -0.2) is 17.7 Å². The normalized spacial score (nSPS) is 10.4. The van der Waals surface area contributed by atoms with Crippen molar-refractivity contribution in [3.63, 3.8) is 0 Å². The summed E-state index contributed by atoms with van der Waals surface area (Å²) in [5.74, 6) is 0. The van der Waals surface area contributed by atoms with E-state index in [1.54, 1.807) is 6.08 Å². The molecule has 17 heavy (non-hydrogen) atoms. The first-order valence-corrected chi connectivity index (χ1v) is 5.81. The number of aromatic nitrogens is 1. The highest BCUT2D eigenvalue weighted by Gasteiger charge is 2.01. The molecule has 3 heteroatoms. The van der Waals surface area contributed by atoms with E-state index in [1.807, 2.05) is 24.5 Å². The lowest BCUT2D eigenvalue weighted by Crippen LogP contribution is -2.11. The van der Waals surface area contributed by atoms with Gasteiger partial charge in [-0.15, -0.1) is 0 Å². The zero-order chi connectivity index (χ0) is 12.5. The van der Waals surface area contributed by atoms with Crippen LogP contribution in [0, 0.1) is 5.41 Å². The van der Waals surface area contributed by atoms with Crippen LogP contribution in [0.4, 0.5) is 0 Å². The van der Waals surface area contributed by atoms with E-state index in [2.05, 4.69) is 23.8 Å². The highest BCUT2D eigenvalue weighted by Crippen LogP contribution is 2.08. The summed E-state index contributed by atoms with van der Waals surface area (Å²) in [5, 5.41) is 10.6. The number of aryl methyl sites for hydroxylation is 1. The second-order valence-electron chi connectivity index (χ2n) is 3.67. The van der Waals surface area contributed by atoms with Crippen LogP contribution < -0.4 is 5.32 Å². The molecule has 3 nitrogen and oxygen atoms in total. The Morgan fingerprint density at radius 2 is 2.35 bits per heavy atom. The third-order valence-corrected chi connectivity index (χ3v) is 2.49. The molecule has 0 fully saturated rings. The highest BCUT2D eigenvalue weighted by molar-refractivity contribution is 5.79. The van der Waals surface area contributed by atoms with Gasteiger partial charge >= 0.3 is 0 Å². The van der Waals surface area contributed by atoms with E-state index in [0.29, 0.717) is 0 Å². The van der Waals surface area contributed by atoms with Gasteiger partial charge in [0.15, 0.2) is 0 Å². The molecule has 1 heterocycles. The Labute approximate surface area is 103 Å². The van der Waals surface area contributed by atoms with Gasteiger partial charge < -0.3 is 10.7 Å². The van der Waals surface area contributed by atoms with Gasteiger partial charge in [0.2, 0.25) is 0 Å². The molecule has 0 spiro atoms. The van der Waals surface area contributed by atoms with Gasteiger partial charge in [-0.05, 0) is 42.3 Å². The third-order valence-electron chi connectivity index (χ3n) is 2.49. The molecule has 0 bridgehead atoms. The Balaban J connectivity index is 2.61. The second kappa shape index (κ2) is 7.39. The summed E-state index contributed by atoms with van der Waals surface area (Å²) < 4.78 is 0. The molecule has 1 rings (SSSR count). The maximum atomic E-state index is 7.40. The Morgan fingerprint density at radius 1 is 1.53 bits per heavy atom. The van der Waals surface area contributed by atoms with Crippen molar-refractivity contribution >= 4 is 6.21 Å². The predicted octanol–water partition coefficient (Wildman–Crippen LogP) is 2.47.